The highest BCUT2D eigenvalue weighted by atomic mass is 35.5. The predicted molar refractivity (Wildman–Crippen MR) is 52.8 cm³/mol. The number of alkyl halides is 1. The van der Waals surface area contributed by atoms with Crippen molar-refractivity contribution < 1.29 is 9.90 Å². The molecule has 0 saturated heterocycles. The average Bonchev–Trinajstić information content (AvgIpc) is 2.16. The average molecular weight is 215 g/mol. The second kappa shape index (κ2) is 4.91. The molecule has 1 aromatic heterocycles. The molecule has 0 aliphatic heterocycles. The van der Waals surface area contributed by atoms with Gasteiger partial charge in [0, 0.05) is 17.8 Å². The molecule has 0 atom stereocenters. The van der Waals surface area contributed by atoms with E-state index in [1.54, 1.807) is 0 Å². The first-order chi connectivity index (χ1) is 6.65. The summed E-state index contributed by atoms with van der Waals surface area (Å²) in [6.45, 7) is 1.86. The maximum absolute atomic E-state index is 10.6. The summed E-state index contributed by atoms with van der Waals surface area (Å²) >= 11 is 5.55. The zero-order valence-electron chi connectivity index (χ0n) is 7.83. The third-order valence-electron chi connectivity index (χ3n) is 1.82. The number of rotatable bonds is 4. The van der Waals surface area contributed by atoms with E-state index in [0.717, 1.165) is 17.7 Å². The van der Waals surface area contributed by atoms with Crippen molar-refractivity contribution in [3.05, 3.63) is 23.3 Å². The molecule has 76 valence electrons. The van der Waals surface area contributed by atoms with Crippen LogP contribution in [-0.2, 0) is 6.42 Å². The first kappa shape index (κ1) is 10.9. The summed E-state index contributed by atoms with van der Waals surface area (Å²) in [6.07, 6.45) is 3.01. The molecule has 0 spiro atoms. The molecule has 0 unspecified atom stereocenters. The lowest BCUT2D eigenvalue weighted by Gasteiger charge is -2.03. The number of nitrogens with zero attached hydrogens (tertiary/aromatic N) is 2. The van der Waals surface area contributed by atoms with E-state index in [2.05, 4.69) is 9.97 Å². The van der Waals surface area contributed by atoms with Crippen molar-refractivity contribution in [1.29, 1.82) is 0 Å². The van der Waals surface area contributed by atoms with Gasteiger partial charge in [0.25, 0.3) is 0 Å². The number of aromatic nitrogens is 2. The quantitative estimate of drug-likeness (QED) is 0.775. The van der Waals surface area contributed by atoms with Crippen molar-refractivity contribution in [2.24, 2.45) is 0 Å². The van der Waals surface area contributed by atoms with Gasteiger partial charge < -0.3 is 5.11 Å². The first-order valence-electron chi connectivity index (χ1n) is 4.27. The maximum Gasteiger partial charge on any atom is 0.373 e. The van der Waals surface area contributed by atoms with Gasteiger partial charge in [-0.1, -0.05) is 0 Å². The minimum atomic E-state index is -1.10. The fraction of sp³-hybridized carbons (Fsp3) is 0.444. The van der Waals surface area contributed by atoms with Crippen LogP contribution in [0.15, 0.2) is 6.20 Å². The van der Waals surface area contributed by atoms with Crippen molar-refractivity contribution in [2.45, 2.75) is 19.8 Å². The summed E-state index contributed by atoms with van der Waals surface area (Å²) in [6, 6.07) is 0. The molecule has 1 rings (SSSR count). The van der Waals surface area contributed by atoms with Gasteiger partial charge in [0.05, 0.1) is 0 Å². The Morgan fingerprint density at radius 2 is 2.36 bits per heavy atom. The van der Waals surface area contributed by atoms with Gasteiger partial charge in [0.1, 0.15) is 0 Å². The molecule has 1 heterocycles. The summed E-state index contributed by atoms with van der Waals surface area (Å²) in [5.74, 6) is -0.705. The lowest BCUT2D eigenvalue weighted by atomic mass is 10.1. The second-order valence-electron chi connectivity index (χ2n) is 2.92. The Bertz CT molecular complexity index is 342. The molecule has 1 N–H and O–H groups in total. The number of carboxylic acids is 1. The van der Waals surface area contributed by atoms with Gasteiger partial charge in [-0.3, -0.25) is 0 Å². The molecule has 1 aromatic rings. The highest BCUT2D eigenvalue weighted by molar-refractivity contribution is 6.17. The van der Waals surface area contributed by atoms with Crippen LogP contribution in [0.25, 0.3) is 0 Å². The molecule has 0 aliphatic rings. The lowest BCUT2D eigenvalue weighted by molar-refractivity contribution is 0.0683. The van der Waals surface area contributed by atoms with E-state index in [-0.39, 0.29) is 5.82 Å². The number of carboxylic acid groups (broad SMARTS) is 1. The number of hydrogen-bond donors (Lipinski definition) is 1. The van der Waals surface area contributed by atoms with Crippen molar-refractivity contribution in [3.63, 3.8) is 0 Å². The maximum atomic E-state index is 10.6. The Labute approximate surface area is 87.0 Å². The molecule has 0 aliphatic carbocycles. The number of carbonyl (C=O) groups is 1. The van der Waals surface area contributed by atoms with E-state index in [4.69, 9.17) is 16.7 Å². The fourth-order valence-electron chi connectivity index (χ4n) is 1.07. The smallest absolute Gasteiger partial charge is 0.373 e. The Kier molecular flexibility index (Phi) is 3.83. The largest absolute Gasteiger partial charge is 0.475 e. The zero-order valence-corrected chi connectivity index (χ0v) is 8.58. The molecular formula is C9H11ClN2O2. The highest BCUT2D eigenvalue weighted by Gasteiger charge is 2.09. The van der Waals surface area contributed by atoms with E-state index >= 15 is 0 Å². The van der Waals surface area contributed by atoms with Gasteiger partial charge in [-0.15, -0.1) is 11.6 Å². The van der Waals surface area contributed by atoms with Gasteiger partial charge in [-0.2, -0.15) is 0 Å². The van der Waals surface area contributed by atoms with Crippen molar-refractivity contribution in [3.8, 4) is 0 Å². The van der Waals surface area contributed by atoms with E-state index in [1.165, 1.54) is 6.20 Å². The Hall–Kier alpha value is -1.16. The SMILES string of the molecule is Cc1cnc(C(=O)O)nc1CCCCl. The van der Waals surface area contributed by atoms with Gasteiger partial charge in [-0.05, 0) is 25.3 Å². The van der Waals surface area contributed by atoms with Crippen LogP contribution in [0.5, 0.6) is 0 Å². The molecule has 14 heavy (non-hydrogen) atoms. The van der Waals surface area contributed by atoms with E-state index in [0.29, 0.717) is 12.3 Å². The minimum Gasteiger partial charge on any atom is -0.475 e. The van der Waals surface area contributed by atoms with Gasteiger partial charge in [0.2, 0.25) is 5.82 Å². The lowest BCUT2D eigenvalue weighted by Crippen LogP contribution is -2.08. The minimum absolute atomic E-state index is 0.153. The summed E-state index contributed by atoms with van der Waals surface area (Å²) in [4.78, 5) is 18.2. The van der Waals surface area contributed by atoms with Crippen molar-refractivity contribution in [2.75, 3.05) is 5.88 Å². The molecule has 0 radical (unpaired) electrons. The molecule has 0 saturated carbocycles. The second-order valence-corrected chi connectivity index (χ2v) is 3.30. The monoisotopic (exact) mass is 214 g/mol. The molecule has 0 bridgehead atoms. The van der Waals surface area contributed by atoms with Crippen LogP contribution in [0.4, 0.5) is 0 Å². The number of halogens is 1. The van der Waals surface area contributed by atoms with Crippen LogP contribution in [0.1, 0.15) is 28.3 Å². The Morgan fingerprint density at radius 3 is 2.93 bits per heavy atom. The van der Waals surface area contributed by atoms with Crippen LogP contribution >= 0.6 is 11.6 Å². The Morgan fingerprint density at radius 1 is 1.64 bits per heavy atom. The topological polar surface area (TPSA) is 63.1 Å². The standard InChI is InChI=1S/C9H11ClN2O2/c1-6-5-11-8(9(13)14)12-7(6)3-2-4-10/h5H,2-4H2,1H3,(H,13,14). The van der Waals surface area contributed by atoms with Crippen molar-refractivity contribution in [1.82, 2.24) is 9.97 Å². The van der Waals surface area contributed by atoms with E-state index in [1.807, 2.05) is 6.92 Å². The van der Waals surface area contributed by atoms with Crippen LogP contribution < -0.4 is 0 Å². The molecule has 0 amide bonds. The van der Waals surface area contributed by atoms with E-state index < -0.39 is 5.97 Å². The summed E-state index contributed by atoms with van der Waals surface area (Å²) < 4.78 is 0. The molecular weight excluding hydrogens is 204 g/mol. The van der Waals surface area contributed by atoms with Gasteiger partial charge >= 0.3 is 5.97 Å². The van der Waals surface area contributed by atoms with Gasteiger partial charge in [-0.25, -0.2) is 14.8 Å². The third-order valence-corrected chi connectivity index (χ3v) is 2.08. The summed E-state index contributed by atoms with van der Waals surface area (Å²) in [7, 11) is 0. The molecule has 0 fully saturated rings. The molecule has 0 aromatic carbocycles. The Balaban J connectivity index is 2.90. The number of hydrogen-bond acceptors (Lipinski definition) is 3. The molecule has 5 heteroatoms. The van der Waals surface area contributed by atoms with Crippen LogP contribution in [0, 0.1) is 6.92 Å². The van der Waals surface area contributed by atoms with Gasteiger partial charge in [0.15, 0.2) is 0 Å². The molecule has 4 nitrogen and oxygen atoms in total. The van der Waals surface area contributed by atoms with Crippen LogP contribution in [0.3, 0.4) is 0 Å². The fourth-order valence-corrected chi connectivity index (χ4v) is 1.20. The highest BCUT2D eigenvalue weighted by Crippen LogP contribution is 2.07. The predicted octanol–water partition coefficient (Wildman–Crippen LogP) is 1.65. The van der Waals surface area contributed by atoms with Crippen LogP contribution in [-0.4, -0.2) is 26.9 Å². The van der Waals surface area contributed by atoms with Crippen LogP contribution in [0.2, 0.25) is 0 Å². The van der Waals surface area contributed by atoms with E-state index in [9.17, 15) is 4.79 Å². The zero-order chi connectivity index (χ0) is 10.6. The number of aryl methyl sites for hydroxylation is 2. The first-order valence-corrected chi connectivity index (χ1v) is 4.80. The normalized spacial score (nSPS) is 10.1. The summed E-state index contributed by atoms with van der Waals surface area (Å²) in [5, 5.41) is 8.67. The number of aromatic carboxylic acids is 1. The van der Waals surface area contributed by atoms with Crippen molar-refractivity contribution >= 4 is 17.6 Å². The summed E-state index contributed by atoms with van der Waals surface area (Å²) in [5.41, 5.74) is 1.66. The third kappa shape index (κ3) is 2.67.